The molecule has 5 heterocycles. The Morgan fingerprint density at radius 3 is 2.85 bits per heavy atom. The van der Waals surface area contributed by atoms with E-state index in [4.69, 9.17) is 14.5 Å². The first-order valence-corrected chi connectivity index (χ1v) is 11.8. The summed E-state index contributed by atoms with van der Waals surface area (Å²) in [6.45, 7) is 5.21. The highest BCUT2D eigenvalue weighted by molar-refractivity contribution is 6.06. The summed E-state index contributed by atoms with van der Waals surface area (Å²) in [6.07, 6.45) is 7.15. The molecule has 3 aromatic heterocycles. The van der Waals surface area contributed by atoms with Crippen molar-refractivity contribution >= 4 is 17.2 Å². The molecule has 2 bridgehead atoms. The monoisotopic (exact) mass is 466 g/mol. The van der Waals surface area contributed by atoms with Gasteiger partial charge in [-0.25, -0.2) is 9.37 Å². The molecular weight excluding hydrogens is 439 g/mol. The summed E-state index contributed by atoms with van der Waals surface area (Å²) in [7, 11) is 0. The molecule has 1 amide bonds. The van der Waals surface area contributed by atoms with E-state index in [2.05, 4.69) is 12.2 Å². The number of anilines is 1. The lowest BCUT2D eigenvalue weighted by molar-refractivity contribution is 0.0154. The average molecular weight is 467 g/mol. The molecule has 4 fully saturated rings. The summed E-state index contributed by atoms with van der Waals surface area (Å²) in [5.74, 6) is -0.0610. The number of ether oxygens (including phenoxy) is 2. The van der Waals surface area contributed by atoms with E-state index in [0.29, 0.717) is 36.6 Å². The van der Waals surface area contributed by atoms with Gasteiger partial charge in [0, 0.05) is 36.5 Å². The Kier molecular flexibility index (Phi) is 4.64. The maximum Gasteiger partial charge on any atom is 0.274 e. The fourth-order valence-electron chi connectivity index (χ4n) is 5.42. The molecule has 1 N–H and O–H groups in total. The van der Waals surface area contributed by atoms with E-state index in [9.17, 15) is 14.0 Å². The van der Waals surface area contributed by atoms with Crippen molar-refractivity contribution < 1.29 is 18.7 Å². The molecule has 34 heavy (non-hydrogen) atoms. The minimum Gasteiger partial charge on any atom is -0.493 e. The minimum atomic E-state index is -1.02. The van der Waals surface area contributed by atoms with Gasteiger partial charge in [0.25, 0.3) is 11.5 Å². The van der Waals surface area contributed by atoms with Crippen LogP contribution in [-0.4, -0.2) is 44.8 Å². The highest BCUT2D eigenvalue weighted by Crippen LogP contribution is 2.58. The second-order valence-electron chi connectivity index (χ2n) is 10.1. The van der Waals surface area contributed by atoms with Gasteiger partial charge in [-0.2, -0.15) is 0 Å². The first kappa shape index (κ1) is 21.3. The molecule has 2 aliphatic heterocycles. The van der Waals surface area contributed by atoms with Crippen LogP contribution in [0.2, 0.25) is 0 Å². The van der Waals surface area contributed by atoms with Crippen molar-refractivity contribution in [2.24, 2.45) is 0 Å². The number of imidazole rings is 1. The third kappa shape index (κ3) is 3.33. The van der Waals surface area contributed by atoms with Crippen molar-refractivity contribution in [2.75, 3.05) is 18.5 Å². The number of carbonyl (C=O) groups excluding carboxylic acids is 1. The van der Waals surface area contributed by atoms with E-state index in [1.165, 1.54) is 10.6 Å². The van der Waals surface area contributed by atoms with Crippen LogP contribution < -0.4 is 15.6 Å². The molecule has 2 aliphatic carbocycles. The van der Waals surface area contributed by atoms with Gasteiger partial charge in [-0.15, -0.1) is 0 Å². The molecular formula is C25H27FN4O4. The summed E-state index contributed by atoms with van der Waals surface area (Å²) in [6, 6.07) is 4.47. The summed E-state index contributed by atoms with van der Waals surface area (Å²) >= 11 is 0. The zero-order chi connectivity index (χ0) is 23.7. The number of alkyl halides is 1. The fraction of sp³-hybridized carbons (Fsp3) is 0.480. The van der Waals surface area contributed by atoms with E-state index in [0.717, 1.165) is 25.0 Å². The van der Waals surface area contributed by atoms with Crippen LogP contribution in [0.5, 0.6) is 5.75 Å². The number of aromatic nitrogens is 3. The molecule has 2 unspecified atom stereocenters. The zero-order valence-electron chi connectivity index (χ0n) is 19.2. The van der Waals surface area contributed by atoms with Crippen LogP contribution in [0.15, 0.2) is 41.6 Å². The lowest BCUT2D eigenvalue weighted by Gasteiger charge is -2.41. The highest BCUT2D eigenvalue weighted by atomic mass is 19.1. The van der Waals surface area contributed by atoms with E-state index in [-0.39, 0.29) is 16.7 Å². The van der Waals surface area contributed by atoms with E-state index in [1.54, 1.807) is 24.5 Å². The van der Waals surface area contributed by atoms with Gasteiger partial charge in [0.2, 0.25) is 0 Å². The normalized spacial score (nSPS) is 29.1. The first-order chi connectivity index (χ1) is 16.3. The number of rotatable bonds is 7. The van der Waals surface area contributed by atoms with Crippen LogP contribution in [0.1, 0.15) is 61.6 Å². The van der Waals surface area contributed by atoms with E-state index in [1.807, 2.05) is 17.5 Å². The molecule has 178 valence electrons. The minimum absolute atomic E-state index is 0.0541. The molecule has 0 aromatic carbocycles. The van der Waals surface area contributed by atoms with Crippen molar-refractivity contribution in [3.8, 4) is 5.75 Å². The van der Waals surface area contributed by atoms with Crippen molar-refractivity contribution in [1.82, 2.24) is 14.0 Å². The molecule has 2 saturated heterocycles. The van der Waals surface area contributed by atoms with Crippen LogP contribution in [0.4, 0.5) is 10.1 Å². The van der Waals surface area contributed by atoms with Gasteiger partial charge in [-0.3, -0.25) is 9.59 Å². The maximum absolute atomic E-state index is 13.5. The standard InChI is InChI=1S/C25H27FN4O4/c1-3-7-33-19-9-21-28-20(25-12-24(2,13-25)34-14-25)11-29(21)10-15(19)22(31)27-17-5-4-6-30(23(17)32)18-8-16(18)26/h4-6,9-11,16,18H,3,7-8,12-14H2,1-2H3,(H,27,31). The summed E-state index contributed by atoms with van der Waals surface area (Å²) in [5.41, 5.74) is 1.51. The summed E-state index contributed by atoms with van der Waals surface area (Å²) < 4.78 is 28.5. The Bertz CT molecular complexity index is 1360. The molecule has 0 spiro atoms. The lowest BCUT2D eigenvalue weighted by atomic mass is 9.62. The molecule has 3 aromatic rings. The van der Waals surface area contributed by atoms with Gasteiger partial charge in [-0.05, 0) is 38.3 Å². The number of carbonyl (C=O) groups is 1. The van der Waals surface area contributed by atoms with Gasteiger partial charge in [0.1, 0.15) is 23.3 Å². The second-order valence-corrected chi connectivity index (χ2v) is 10.1. The van der Waals surface area contributed by atoms with E-state index >= 15 is 0 Å². The molecule has 2 atom stereocenters. The zero-order valence-corrected chi connectivity index (χ0v) is 19.2. The Morgan fingerprint density at radius 1 is 1.38 bits per heavy atom. The average Bonchev–Trinajstić information content (AvgIpc) is 3.11. The SMILES string of the molecule is CCCOc1cc2nc(C34COC(C)(C3)C4)cn2cc1C(=O)Nc1cccn(C2CC2F)c1=O. The number of hydrogen-bond donors (Lipinski definition) is 1. The predicted octanol–water partition coefficient (Wildman–Crippen LogP) is 3.64. The van der Waals surface area contributed by atoms with Gasteiger partial charge < -0.3 is 23.8 Å². The molecule has 4 aliphatic rings. The van der Waals surface area contributed by atoms with Crippen LogP contribution in [-0.2, 0) is 10.2 Å². The first-order valence-electron chi connectivity index (χ1n) is 11.8. The smallest absolute Gasteiger partial charge is 0.274 e. The Balaban J connectivity index is 1.33. The van der Waals surface area contributed by atoms with Gasteiger partial charge in [0.15, 0.2) is 0 Å². The number of amides is 1. The quantitative estimate of drug-likeness (QED) is 0.575. The Hall–Kier alpha value is -3.20. The molecule has 7 rings (SSSR count). The number of pyridine rings is 2. The topological polar surface area (TPSA) is 86.9 Å². The molecule has 2 saturated carbocycles. The largest absolute Gasteiger partial charge is 0.493 e. The van der Waals surface area contributed by atoms with Crippen LogP contribution in [0.25, 0.3) is 5.65 Å². The Morgan fingerprint density at radius 2 is 2.18 bits per heavy atom. The van der Waals surface area contributed by atoms with Crippen LogP contribution in [0.3, 0.4) is 0 Å². The highest BCUT2D eigenvalue weighted by Gasteiger charge is 2.61. The summed E-state index contributed by atoms with van der Waals surface area (Å²) in [5, 5.41) is 2.70. The number of halogens is 1. The van der Waals surface area contributed by atoms with Crippen molar-refractivity contribution in [2.45, 2.75) is 62.8 Å². The number of nitrogens with one attached hydrogen (secondary N) is 1. The second kappa shape index (κ2) is 7.40. The van der Waals surface area contributed by atoms with Crippen molar-refractivity contribution in [1.29, 1.82) is 0 Å². The summed E-state index contributed by atoms with van der Waals surface area (Å²) in [4.78, 5) is 30.9. The number of nitrogens with zero attached hydrogens (tertiary/aromatic N) is 3. The van der Waals surface area contributed by atoms with Crippen molar-refractivity contribution in [3.05, 3.63) is 58.4 Å². The third-order valence-corrected chi connectivity index (χ3v) is 7.19. The lowest BCUT2D eigenvalue weighted by Crippen LogP contribution is -2.45. The van der Waals surface area contributed by atoms with Gasteiger partial charge >= 0.3 is 0 Å². The maximum atomic E-state index is 13.5. The third-order valence-electron chi connectivity index (χ3n) is 7.19. The van der Waals surface area contributed by atoms with E-state index < -0.39 is 23.7 Å². The number of hydrogen-bond acceptors (Lipinski definition) is 5. The fourth-order valence-corrected chi connectivity index (χ4v) is 5.42. The molecule has 8 nitrogen and oxygen atoms in total. The van der Waals surface area contributed by atoms with Crippen LogP contribution in [0, 0.1) is 0 Å². The number of fused-ring (bicyclic) bond motifs is 2. The molecule has 9 heteroatoms. The Labute approximate surface area is 195 Å². The predicted molar refractivity (Wildman–Crippen MR) is 123 cm³/mol. The van der Waals surface area contributed by atoms with Crippen molar-refractivity contribution in [3.63, 3.8) is 0 Å². The molecule has 0 radical (unpaired) electrons. The van der Waals surface area contributed by atoms with Crippen LogP contribution >= 0.6 is 0 Å². The van der Waals surface area contributed by atoms with Gasteiger partial charge in [0.05, 0.1) is 36.1 Å². The van der Waals surface area contributed by atoms with Gasteiger partial charge in [-0.1, -0.05) is 6.92 Å².